The summed E-state index contributed by atoms with van der Waals surface area (Å²) in [5.74, 6) is 0.801. The lowest BCUT2D eigenvalue weighted by Crippen LogP contribution is -2.20. The van der Waals surface area contributed by atoms with E-state index in [1.807, 2.05) is 17.8 Å². The summed E-state index contributed by atoms with van der Waals surface area (Å²) in [6, 6.07) is 4.71. The fraction of sp³-hybridized carbons (Fsp3) is 0.250. The van der Waals surface area contributed by atoms with E-state index < -0.39 is 10.0 Å². The molecular weight excluding hydrogens is 278 g/mol. The summed E-state index contributed by atoms with van der Waals surface area (Å²) in [4.78, 5) is 4.29. The van der Waals surface area contributed by atoms with Crippen molar-refractivity contribution in [1.29, 1.82) is 0 Å². The van der Waals surface area contributed by atoms with Crippen LogP contribution in [0.3, 0.4) is 0 Å². The number of nitrogens with two attached hydrogens (primary N) is 1. The summed E-state index contributed by atoms with van der Waals surface area (Å²) in [5, 5.41) is 3.07. The van der Waals surface area contributed by atoms with Gasteiger partial charge < -0.3 is 15.6 Å². The average molecular weight is 295 g/mol. The molecule has 0 amide bonds. The molecule has 1 aromatic heterocycles. The lowest BCUT2D eigenvalue weighted by atomic mass is 10.3. The Morgan fingerprint density at radius 1 is 1.40 bits per heavy atom. The van der Waals surface area contributed by atoms with Crippen molar-refractivity contribution < 1.29 is 8.42 Å². The lowest BCUT2D eigenvalue weighted by Gasteiger charge is -2.12. The number of benzene rings is 1. The van der Waals surface area contributed by atoms with Crippen LogP contribution < -0.4 is 15.8 Å². The SMILES string of the molecule is CNS(=O)(=O)c1cc(N)ccc1NCc1nccn1C. The first-order valence-corrected chi connectivity index (χ1v) is 7.45. The van der Waals surface area contributed by atoms with Crippen molar-refractivity contribution in [3.05, 3.63) is 36.4 Å². The average Bonchev–Trinajstić information content (AvgIpc) is 2.83. The molecule has 20 heavy (non-hydrogen) atoms. The number of aryl methyl sites for hydroxylation is 1. The van der Waals surface area contributed by atoms with E-state index in [2.05, 4.69) is 15.0 Å². The van der Waals surface area contributed by atoms with E-state index in [0.717, 1.165) is 5.82 Å². The number of hydrogen-bond acceptors (Lipinski definition) is 5. The van der Waals surface area contributed by atoms with Crippen molar-refractivity contribution in [3.63, 3.8) is 0 Å². The van der Waals surface area contributed by atoms with Gasteiger partial charge in [0.15, 0.2) is 0 Å². The van der Waals surface area contributed by atoms with Gasteiger partial charge in [-0.25, -0.2) is 18.1 Å². The van der Waals surface area contributed by atoms with Crippen molar-refractivity contribution in [2.24, 2.45) is 7.05 Å². The molecular formula is C12H17N5O2S. The first-order chi connectivity index (χ1) is 9.44. The van der Waals surface area contributed by atoms with Crippen LogP contribution in [0.25, 0.3) is 0 Å². The van der Waals surface area contributed by atoms with E-state index in [4.69, 9.17) is 5.73 Å². The van der Waals surface area contributed by atoms with Crippen LogP contribution in [0.15, 0.2) is 35.5 Å². The standard InChI is InChI=1S/C12H17N5O2S/c1-14-20(18,19)11-7-9(13)3-4-10(11)16-8-12-15-5-6-17(12)2/h3-7,14,16H,8,13H2,1-2H3. The minimum atomic E-state index is -3.57. The zero-order valence-corrected chi connectivity index (χ0v) is 12.1. The second-order valence-corrected chi connectivity index (χ2v) is 6.13. The van der Waals surface area contributed by atoms with Crippen LogP contribution in [-0.2, 0) is 23.6 Å². The summed E-state index contributed by atoms with van der Waals surface area (Å²) >= 11 is 0. The largest absolute Gasteiger partial charge is 0.399 e. The van der Waals surface area contributed by atoms with Crippen LogP contribution >= 0.6 is 0 Å². The quantitative estimate of drug-likeness (QED) is 0.698. The first kappa shape index (κ1) is 14.4. The molecule has 0 atom stereocenters. The Bertz CT molecular complexity index is 708. The van der Waals surface area contributed by atoms with Crippen LogP contribution in [-0.4, -0.2) is 25.0 Å². The third-order valence-electron chi connectivity index (χ3n) is 2.92. The Kier molecular flexibility index (Phi) is 3.96. The number of imidazole rings is 1. The van der Waals surface area contributed by atoms with Crippen molar-refractivity contribution in [2.75, 3.05) is 18.1 Å². The van der Waals surface area contributed by atoms with Gasteiger partial charge in [-0.15, -0.1) is 0 Å². The van der Waals surface area contributed by atoms with E-state index >= 15 is 0 Å². The Balaban J connectivity index is 2.30. The first-order valence-electron chi connectivity index (χ1n) is 5.97. The summed E-state index contributed by atoms with van der Waals surface area (Å²) in [5.41, 5.74) is 6.53. The van der Waals surface area contributed by atoms with Gasteiger partial charge in [-0.3, -0.25) is 0 Å². The van der Waals surface area contributed by atoms with Gasteiger partial charge in [-0.05, 0) is 25.2 Å². The molecule has 0 bridgehead atoms. The molecule has 108 valence electrons. The van der Waals surface area contributed by atoms with E-state index in [1.165, 1.54) is 13.1 Å². The predicted octanol–water partition coefficient (Wildman–Crippen LogP) is 0.522. The van der Waals surface area contributed by atoms with Gasteiger partial charge in [0.05, 0.1) is 12.2 Å². The lowest BCUT2D eigenvalue weighted by molar-refractivity contribution is 0.588. The molecule has 0 aliphatic rings. The molecule has 2 aromatic rings. The minimum Gasteiger partial charge on any atom is -0.399 e. The fourth-order valence-electron chi connectivity index (χ4n) is 1.76. The van der Waals surface area contributed by atoms with E-state index in [9.17, 15) is 8.42 Å². The van der Waals surface area contributed by atoms with Crippen molar-refractivity contribution in [1.82, 2.24) is 14.3 Å². The van der Waals surface area contributed by atoms with Gasteiger partial charge in [-0.1, -0.05) is 0 Å². The van der Waals surface area contributed by atoms with Crippen LogP contribution in [0.1, 0.15) is 5.82 Å². The monoisotopic (exact) mass is 295 g/mol. The Hall–Kier alpha value is -2.06. The number of aromatic nitrogens is 2. The molecule has 2 rings (SSSR count). The van der Waals surface area contributed by atoms with Gasteiger partial charge >= 0.3 is 0 Å². The zero-order chi connectivity index (χ0) is 14.8. The molecule has 4 N–H and O–H groups in total. The van der Waals surface area contributed by atoms with Gasteiger partial charge in [0.2, 0.25) is 10.0 Å². The maximum Gasteiger partial charge on any atom is 0.242 e. The minimum absolute atomic E-state index is 0.120. The summed E-state index contributed by atoms with van der Waals surface area (Å²) in [6.45, 7) is 0.416. The molecule has 0 spiro atoms. The molecule has 1 aromatic carbocycles. The number of rotatable bonds is 5. The van der Waals surface area contributed by atoms with Gasteiger partial charge in [-0.2, -0.15) is 0 Å². The fourth-order valence-corrected chi connectivity index (χ4v) is 2.70. The van der Waals surface area contributed by atoms with Crippen LogP contribution in [0, 0.1) is 0 Å². The molecule has 0 unspecified atom stereocenters. The Labute approximate surface area is 117 Å². The Morgan fingerprint density at radius 3 is 2.75 bits per heavy atom. The molecule has 0 aliphatic heterocycles. The highest BCUT2D eigenvalue weighted by atomic mass is 32.2. The Morgan fingerprint density at radius 2 is 2.15 bits per heavy atom. The highest BCUT2D eigenvalue weighted by Crippen LogP contribution is 2.24. The van der Waals surface area contributed by atoms with Gasteiger partial charge in [0.1, 0.15) is 10.7 Å². The third-order valence-corrected chi connectivity index (χ3v) is 4.38. The van der Waals surface area contributed by atoms with Crippen LogP contribution in [0.2, 0.25) is 0 Å². The zero-order valence-electron chi connectivity index (χ0n) is 11.3. The maximum absolute atomic E-state index is 12.0. The second kappa shape index (κ2) is 5.51. The van der Waals surface area contributed by atoms with Gasteiger partial charge in [0, 0.05) is 25.1 Å². The van der Waals surface area contributed by atoms with Crippen molar-refractivity contribution in [2.45, 2.75) is 11.4 Å². The molecule has 0 radical (unpaired) electrons. The van der Waals surface area contributed by atoms with E-state index in [1.54, 1.807) is 18.3 Å². The van der Waals surface area contributed by atoms with Crippen LogP contribution in [0.4, 0.5) is 11.4 Å². The molecule has 1 heterocycles. The maximum atomic E-state index is 12.0. The third kappa shape index (κ3) is 2.91. The number of sulfonamides is 1. The summed E-state index contributed by atoms with van der Waals surface area (Å²) < 4.78 is 28.1. The number of nitrogens with zero attached hydrogens (tertiary/aromatic N) is 2. The van der Waals surface area contributed by atoms with Crippen molar-refractivity contribution >= 4 is 21.4 Å². The summed E-state index contributed by atoms with van der Waals surface area (Å²) in [7, 11) is -0.337. The molecule has 8 heteroatoms. The number of nitrogens with one attached hydrogen (secondary N) is 2. The second-order valence-electron chi connectivity index (χ2n) is 4.27. The topological polar surface area (TPSA) is 102 Å². The normalized spacial score (nSPS) is 11.5. The van der Waals surface area contributed by atoms with Crippen molar-refractivity contribution in [3.8, 4) is 0 Å². The van der Waals surface area contributed by atoms with Crippen LogP contribution in [0.5, 0.6) is 0 Å². The van der Waals surface area contributed by atoms with Gasteiger partial charge in [0.25, 0.3) is 0 Å². The summed E-state index contributed by atoms with van der Waals surface area (Å²) in [6.07, 6.45) is 3.51. The predicted molar refractivity (Wildman–Crippen MR) is 77.6 cm³/mol. The highest BCUT2D eigenvalue weighted by molar-refractivity contribution is 7.89. The smallest absolute Gasteiger partial charge is 0.242 e. The molecule has 0 saturated carbocycles. The van der Waals surface area contributed by atoms with E-state index in [-0.39, 0.29) is 4.90 Å². The molecule has 7 nitrogen and oxygen atoms in total. The van der Waals surface area contributed by atoms with E-state index in [0.29, 0.717) is 17.9 Å². The number of nitrogen functional groups attached to an aromatic ring is 1. The number of anilines is 2. The molecule has 0 aliphatic carbocycles. The number of hydrogen-bond donors (Lipinski definition) is 3. The highest BCUT2D eigenvalue weighted by Gasteiger charge is 2.17. The molecule has 0 fully saturated rings. The molecule has 0 saturated heterocycles.